The minimum atomic E-state index is -4.36. The van der Waals surface area contributed by atoms with E-state index < -0.39 is 18.9 Å². The van der Waals surface area contributed by atoms with Gasteiger partial charge in [-0.25, -0.2) is 0 Å². The van der Waals surface area contributed by atoms with Crippen molar-refractivity contribution in [2.24, 2.45) is 0 Å². The van der Waals surface area contributed by atoms with Crippen molar-refractivity contribution in [1.82, 2.24) is 4.90 Å². The molecular formula is C14H18F3NO2. The van der Waals surface area contributed by atoms with E-state index in [2.05, 4.69) is 4.90 Å². The molecule has 0 bridgehead atoms. The van der Waals surface area contributed by atoms with Gasteiger partial charge in [0.1, 0.15) is 5.75 Å². The molecule has 0 spiro atoms. The SMILES string of the molecule is CC(C)N1Cc2ccc(OCC(F)(F)F)cc2C(O)C1. The first-order valence-corrected chi connectivity index (χ1v) is 6.51. The molecule has 1 atom stereocenters. The number of halogens is 3. The molecule has 0 amide bonds. The maximum Gasteiger partial charge on any atom is 0.422 e. The minimum Gasteiger partial charge on any atom is -0.484 e. The molecule has 1 N–H and O–H groups in total. The molecule has 0 saturated carbocycles. The van der Waals surface area contributed by atoms with Gasteiger partial charge in [0.2, 0.25) is 0 Å². The number of aliphatic hydroxyl groups is 1. The Morgan fingerprint density at radius 2 is 2.10 bits per heavy atom. The molecule has 0 fully saturated rings. The lowest BCUT2D eigenvalue weighted by Gasteiger charge is -2.35. The van der Waals surface area contributed by atoms with Crippen LogP contribution in [-0.4, -0.2) is 35.4 Å². The fraction of sp³-hybridized carbons (Fsp3) is 0.571. The molecule has 1 aromatic carbocycles. The standard InChI is InChI=1S/C14H18F3NO2/c1-9(2)18-6-10-3-4-11(20-8-14(15,16)17)5-12(10)13(19)7-18/h3-5,9,13,19H,6-8H2,1-2H3. The van der Waals surface area contributed by atoms with Gasteiger partial charge < -0.3 is 9.84 Å². The molecule has 20 heavy (non-hydrogen) atoms. The average molecular weight is 289 g/mol. The van der Waals surface area contributed by atoms with E-state index in [-0.39, 0.29) is 5.75 Å². The second kappa shape index (κ2) is 5.61. The van der Waals surface area contributed by atoms with Crippen LogP contribution in [0.15, 0.2) is 18.2 Å². The second-order valence-corrected chi connectivity index (χ2v) is 5.30. The van der Waals surface area contributed by atoms with Crippen LogP contribution in [0.3, 0.4) is 0 Å². The second-order valence-electron chi connectivity index (χ2n) is 5.30. The quantitative estimate of drug-likeness (QED) is 0.928. The summed E-state index contributed by atoms with van der Waals surface area (Å²) in [5.41, 5.74) is 1.58. The van der Waals surface area contributed by atoms with Crippen LogP contribution in [0.25, 0.3) is 0 Å². The summed E-state index contributed by atoms with van der Waals surface area (Å²) in [6, 6.07) is 5.04. The van der Waals surface area contributed by atoms with Gasteiger partial charge >= 0.3 is 6.18 Å². The first kappa shape index (κ1) is 15.1. The van der Waals surface area contributed by atoms with E-state index in [0.717, 1.165) is 5.56 Å². The van der Waals surface area contributed by atoms with Gasteiger partial charge in [-0.05, 0) is 37.1 Å². The van der Waals surface area contributed by atoms with Gasteiger partial charge in [0.05, 0.1) is 6.10 Å². The molecular weight excluding hydrogens is 271 g/mol. The Morgan fingerprint density at radius 1 is 1.40 bits per heavy atom. The van der Waals surface area contributed by atoms with E-state index in [1.807, 2.05) is 13.8 Å². The fourth-order valence-electron chi connectivity index (χ4n) is 2.28. The Labute approximate surface area is 116 Å². The van der Waals surface area contributed by atoms with Crippen LogP contribution in [-0.2, 0) is 6.54 Å². The molecule has 2 rings (SSSR count). The van der Waals surface area contributed by atoms with E-state index in [1.165, 1.54) is 12.1 Å². The van der Waals surface area contributed by atoms with Gasteiger partial charge in [-0.3, -0.25) is 4.90 Å². The number of hydrogen-bond acceptors (Lipinski definition) is 3. The lowest BCUT2D eigenvalue weighted by Crippen LogP contribution is -2.38. The van der Waals surface area contributed by atoms with Crippen molar-refractivity contribution >= 4 is 0 Å². The third-order valence-corrected chi connectivity index (χ3v) is 3.39. The van der Waals surface area contributed by atoms with Crippen molar-refractivity contribution < 1.29 is 23.0 Å². The Balaban J connectivity index is 2.14. The van der Waals surface area contributed by atoms with Crippen molar-refractivity contribution in [1.29, 1.82) is 0 Å². The molecule has 1 heterocycles. The van der Waals surface area contributed by atoms with Crippen LogP contribution in [0, 0.1) is 0 Å². The minimum absolute atomic E-state index is 0.137. The van der Waals surface area contributed by atoms with Crippen LogP contribution in [0.2, 0.25) is 0 Å². The van der Waals surface area contributed by atoms with Crippen molar-refractivity contribution in [2.45, 2.75) is 38.7 Å². The average Bonchev–Trinajstić information content (AvgIpc) is 2.35. The number of aliphatic hydroxyl groups excluding tert-OH is 1. The van der Waals surface area contributed by atoms with E-state index in [4.69, 9.17) is 4.74 Å². The number of ether oxygens (including phenoxy) is 1. The lowest BCUT2D eigenvalue weighted by atomic mass is 9.96. The molecule has 1 aromatic rings. The predicted octanol–water partition coefficient (Wildman–Crippen LogP) is 2.89. The summed E-state index contributed by atoms with van der Waals surface area (Å²) in [6.07, 6.45) is -5.06. The molecule has 6 heteroatoms. The van der Waals surface area contributed by atoms with Gasteiger partial charge in [-0.2, -0.15) is 13.2 Å². The summed E-state index contributed by atoms with van der Waals surface area (Å²) in [4.78, 5) is 2.11. The number of nitrogens with zero attached hydrogens (tertiary/aromatic N) is 1. The molecule has 1 aliphatic heterocycles. The first-order chi connectivity index (χ1) is 9.26. The van der Waals surface area contributed by atoms with Crippen molar-refractivity contribution in [3.8, 4) is 5.75 Å². The highest BCUT2D eigenvalue weighted by Gasteiger charge is 2.29. The highest BCUT2D eigenvalue weighted by Crippen LogP contribution is 2.31. The van der Waals surface area contributed by atoms with Crippen molar-refractivity contribution in [3.63, 3.8) is 0 Å². The monoisotopic (exact) mass is 289 g/mol. The zero-order valence-electron chi connectivity index (χ0n) is 11.4. The Hall–Kier alpha value is -1.27. The van der Waals surface area contributed by atoms with Crippen LogP contribution in [0.4, 0.5) is 13.2 Å². The number of β-amino-alcohol motifs (C(OH)–C–C–N with tert-alkyl or cyclic N) is 1. The van der Waals surface area contributed by atoms with E-state index in [1.54, 1.807) is 6.07 Å². The van der Waals surface area contributed by atoms with E-state index in [9.17, 15) is 18.3 Å². The van der Waals surface area contributed by atoms with Gasteiger partial charge in [0.15, 0.2) is 6.61 Å². The zero-order chi connectivity index (χ0) is 14.9. The van der Waals surface area contributed by atoms with Crippen LogP contribution < -0.4 is 4.74 Å². The lowest BCUT2D eigenvalue weighted by molar-refractivity contribution is -0.153. The zero-order valence-corrected chi connectivity index (χ0v) is 11.4. The molecule has 0 aliphatic carbocycles. The largest absolute Gasteiger partial charge is 0.484 e. The summed E-state index contributed by atoms with van der Waals surface area (Å²) >= 11 is 0. The highest BCUT2D eigenvalue weighted by molar-refractivity contribution is 5.38. The smallest absolute Gasteiger partial charge is 0.422 e. The molecule has 1 aliphatic rings. The third kappa shape index (κ3) is 3.64. The Morgan fingerprint density at radius 3 is 2.70 bits per heavy atom. The molecule has 112 valence electrons. The Bertz CT molecular complexity index is 474. The van der Waals surface area contributed by atoms with Crippen LogP contribution in [0.5, 0.6) is 5.75 Å². The van der Waals surface area contributed by atoms with Crippen LogP contribution >= 0.6 is 0 Å². The number of rotatable bonds is 3. The molecule has 3 nitrogen and oxygen atoms in total. The summed E-state index contributed by atoms with van der Waals surface area (Å²) in [7, 11) is 0. The fourth-order valence-corrected chi connectivity index (χ4v) is 2.28. The highest BCUT2D eigenvalue weighted by atomic mass is 19.4. The van der Waals surface area contributed by atoms with Gasteiger partial charge in [-0.1, -0.05) is 6.07 Å². The summed E-state index contributed by atoms with van der Waals surface area (Å²) in [5, 5.41) is 10.1. The topological polar surface area (TPSA) is 32.7 Å². The Kier molecular flexibility index (Phi) is 4.25. The normalized spacial score (nSPS) is 20.1. The van der Waals surface area contributed by atoms with Gasteiger partial charge in [0.25, 0.3) is 0 Å². The third-order valence-electron chi connectivity index (χ3n) is 3.39. The maximum absolute atomic E-state index is 12.1. The van der Waals surface area contributed by atoms with Gasteiger partial charge in [-0.15, -0.1) is 0 Å². The number of hydrogen-bond donors (Lipinski definition) is 1. The molecule has 1 unspecified atom stereocenters. The number of fused-ring (bicyclic) bond motifs is 1. The van der Waals surface area contributed by atoms with Crippen LogP contribution in [0.1, 0.15) is 31.1 Å². The molecule has 0 radical (unpaired) electrons. The molecule has 0 saturated heterocycles. The number of benzene rings is 1. The van der Waals surface area contributed by atoms with Crippen molar-refractivity contribution in [3.05, 3.63) is 29.3 Å². The van der Waals surface area contributed by atoms with Gasteiger partial charge in [0, 0.05) is 19.1 Å². The first-order valence-electron chi connectivity index (χ1n) is 6.51. The molecule has 0 aromatic heterocycles. The summed E-state index contributed by atoms with van der Waals surface area (Å²) < 4.78 is 41.1. The van der Waals surface area contributed by atoms with Crippen molar-refractivity contribution in [2.75, 3.05) is 13.2 Å². The van der Waals surface area contributed by atoms with E-state index >= 15 is 0 Å². The summed E-state index contributed by atoms with van der Waals surface area (Å²) in [6.45, 7) is 3.92. The number of alkyl halides is 3. The predicted molar refractivity (Wildman–Crippen MR) is 68.5 cm³/mol. The van der Waals surface area contributed by atoms with E-state index in [0.29, 0.717) is 24.7 Å². The summed E-state index contributed by atoms with van der Waals surface area (Å²) in [5.74, 6) is 0.137. The maximum atomic E-state index is 12.1.